The van der Waals surface area contributed by atoms with E-state index in [2.05, 4.69) is 46.7 Å². The molecule has 5 aromatic heterocycles. The van der Waals surface area contributed by atoms with Gasteiger partial charge in [0, 0.05) is 54.5 Å². The summed E-state index contributed by atoms with van der Waals surface area (Å²) in [5, 5.41) is 0. The van der Waals surface area contributed by atoms with Crippen LogP contribution in [0.2, 0.25) is 0 Å². The van der Waals surface area contributed by atoms with E-state index in [0.717, 1.165) is 41.2 Å². The van der Waals surface area contributed by atoms with Crippen LogP contribution in [0, 0.1) is 0 Å². The predicted octanol–water partition coefficient (Wildman–Crippen LogP) is 3.49. The van der Waals surface area contributed by atoms with E-state index in [1.54, 1.807) is 24.9 Å². The minimum Gasteiger partial charge on any atom is -0.368 e. The van der Waals surface area contributed by atoms with Crippen molar-refractivity contribution in [3.63, 3.8) is 0 Å². The molecule has 5 heterocycles. The third-order valence-corrected chi connectivity index (χ3v) is 6.34. The Morgan fingerprint density at radius 3 is 2.27 bits per heavy atom. The van der Waals surface area contributed by atoms with Crippen molar-refractivity contribution in [2.24, 2.45) is 0 Å². The molecule has 9 nitrogen and oxygen atoms in total. The van der Waals surface area contributed by atoms with Gasteiger partial charge >= 0.3 is 0 Å². The molecule has 1 aliphatic rings. The van der Waals surface area contributed by atoms with Crippen molar-refractivity contribution in [1.82, 2.24) is 39.0 Å². The van der Waals surface area contributed by atoms with Gasteiger partial charge in [0.2, 0.25) is 5.95 Å². The highest BCUT2D eigenvalue weighted by Crippen LogP contribution is 2.45. The maximum atomic E-state index is 5.59. The minimum atomic E-state index is -0.126. The first-order valence-corrected chi connectivity index (χ1v) is 10.7. The summed E-state index contributed by atoms with van der Waals surface area (Å²) in [4.78, 5) is 26.1. The van der Waals surface area contributed by atoms with Gasteiger partial charge in [0.15, 0.2) is 0 Å². The van der Waals surface area contributed by atoms with E-state index >= 15 is 0 Å². The number of nitrogens with zero attached hydrogens (tertiary/aromatic N) is 8. The lowest BCUT2D eigenvalue weighted by molar-refractivity contribution is 0.196. The van der Waals surface area contributed by atoms with E-state index in [1.807, 2.05) is 47.7 Å². The first kappa shape index (κ1) is 19.3. The zero-order valence-corrected chi connectivity index (χ0v) is 17.8. The SMILES string of the molecule is Nc1ncc(-c2ccc(C3(n4cnc(-c5ccc(-n6ccnc6)nc5)c4)CCC3)cn2)cn1. The lowest BCUT2D eigenvalue weighted by Crippen LogP contribution is -2.41. The molecule has 1 fully saturated rings. The van der Waals surface area contributed by atoms with Crippen molar-refractivity contribution in [3.05, 3.63) is 85.9 Å². The van der Waals surface area contributed by atoms with Crippen molar-refractivity contribution < 1.29 is 0 Å². The van der Waals surface area contributed by atoms with Gasteiger partial charge in [0.25, 0.3) is 0 Å². The lowest BCUT2D eigenvalue weighted by atomic mass is 9.72. The van der Waals surface area contributed by atoms with Crippen molar-refractivity contribution in [1.29, 1.82) is 0 Å². The summed E-state index contributed by atoms with van der Waals surface area (Å²) in [7, 11) is 0. The summed E-state index contributed by atoms with van der Waals surface area (Å²) < 4.78 is 4.09. The van der Waals surface area contributed by atoms with Gasteiger partial charge in [0.1, 0.15) is 12.1 Å². The van der Waals surface area contributed by atoms with Crippen LogP contribution in [0.15, 0.2) is 80.3 Å². The highest BCUT2D eigenvalue weighted by atomic mass is 15.1. The van der Waals surface area contributed by atoms with Crippen LogP contribution in [0.4, 0.5) is 5.95 Å². The summed E-state index contributed by atoms with van der Waals surface area (Å²) in [5.74, 6) is 1.08. The topological polar surface area (TPSA) is 113 Å². The monoisotopic (exact) mass is 435 g/mol. The molecule has 0 unspecified atom stereocenters. The molecular weight excluding hydrogens is 414 g/mol. The number of hydrogen-bond donors (Lipinski definition) is 1. The molecule has 6 rings (SSSR count). The average Bonchev–Trinajstić information content (AvgIpc) is 3.53. The first-order chi connectivity index (χ1) is 16.2. The Kier molecular flexibility index (Phi) is 4.46. The first-order valence-electron chi connectivity index (χ1n) is 10.7. The fourth-order valence-corrected chi connectivity index (χ4v) is 4.31. The Bertz CT molecular complexity index is 1370. The number of imidazole rings is 2. The van der Waals surface area contributed by atoms with Crippen molar-refractivity contribution in [3.8, 4) is 28.3 Å². The summed E-state index contributed by atoms with van der Waals surface area (Å²) in [6.07, 6.45) is 19.8. The zero-order valence-electron chi connectivity index (χ0n) is 17.8. The van der Waals surface area contributed by atoms with Crippen LogP contribution >= 0.6 is 0 Å². The van der Waals surface area contributed by atoms with E-state index < -0.39 is 0 Å². The molecule has 5 aromatic rings. The van der Waals surface area contributed by atoms with Gasteiger partial charge in [-0.2, -0.15) is 0 Å². The van der Waals surface area contributed by atoms with E-state index in [4.69, 9.17) is 5.73 Å². The van der Waals surface area contributed by atoms with Gasteiger partial charge in [-0.1, -0.05) is 6.07 Å². The molecular formula is C24H21N9. The molecule has 33 heavy (non-hydrogen) atoms. The van der Waals surface area contributed by atoms with Crippen LogP contribution in [0.5, 0.6) is 0 Å². The Balaban J connectivity index is 1.28. The predicted molar refractivity (Wildman–Crippen MR) is 123 cm³/mol. The number of anilines is 1. The minimum absolute atomic E-state index is 0.126. The largest absolute Gasteiger partial charge is 0.368 e. The molecule has 0 amide bonds. The highest BCUT2D eigenvalue weighted by molar-refractivity contribution is 5.59. The molecule has 162 valence electrons. The third-order valence-electron chi connectivity index (χ3n) is 6.34. The molecule has 0 radical (unpaired) electrons. The van der Waals surface area contributed by atoms with Gasteiger partial charge in [-0.25, -0.2) is 24.9 Å². The highest BCUT2D eigenvalue weighted by Gasteiger charge is 2.40. The maximum absolute atomic E-state index is 5.59. The van der Waals surface area contributed by atoms with E-state index in [-0.39, 0.29) is 11.5 Å². The molecule has 0 aromatic carbocycles. The second kappa shape index (κ2) is 7.63. The normalized spacial score (nSPS) is 14.7. The summed E-state index contributed by atoms with van der Waals surface area (Å²) in [5.41, 5.74) is 10.2. The van der Waals surface area contributed by atoms with Gasteiger partial charge < -0.3 is 10.3 Å². The molecule has 1 aliphatic carbocycles. The molecule has 0 saturated heterocycles. The van der Waals surface area contributed by atoms with Gasteiger partial charge in [-0.15, -0.1) is 0 Å². The second-order valence-corrected chi connectivity index (χ2v) is 8.19. The molecule has 2 N–H and O–H groups in total. The van der Waals surface area contributed by atoms with Crippen LogP contribution < -0.4 is 5.73 Å². The fraction of sp³-hybridized carbons (Fsp3) is 0.167. The summed E-state index contributed by atoms with van der Waals surface area (Å²) in [6.45, 7) is 0. The summed E-state index contributed by atoms with van der Waals surface area (Å²) in [6, 6.07) is 8.16. The number of pyridine rings is 2. The molecule has 0 spiro atoms. The number of aromatic nitrogens is 8. The Labute approximate surface area is 190 Å². The van der Waals surface area contributed by atoms with Crippen molar-refractivity contribution >= 4 is 5.95 Å². The van der Waals surface area contributed by atoms with Gasteiger partial charge in [-0.3, -0.25) is 9.55 Å². The average molecular weight is 435 g/mol. The number of hydrogen-bond acceptors (Lipinski definition) is 7. The van der Waals surface area contributed by atoms with E-state index in [0.29, 0.717) is 0 Å². The third kappa shape index (κ3) is 3.34. The molecule has 1 saturated carbocycles. The Morgan fingerprint density at radius 1 is 0.788 bits per heavy atom. The zero-order chi connectivity index (χ0) is 22.3. The fourth-order valence-electron chi connectivity index (χ4n) is 4.31. The molecule has 0 atom stereocenters. The van der Waals surface area contributed by atoms with E-state index in [1.165, 1.54) is 12.0 Å². The second-order valence-electron chi connectivity index (χ2n) is 8.19. The van der Waals surface area contributed by atoms with E-state index in [9.17, 15) is 0 Å². The van der Waals surface area contributed by atoms with Crippen molar-refractivity contribution in [2.45, 2.75) is 24.8 Å². The molecule has 9 heteroatoms. The Hall–Kier alpha value is -4.40. The lowest BCUT2D eigenvalue weighted by Gasteiger charge is -2.43. The maximum Gasteiger partial charge on any atom is 0.219 e. The molecule has 0 aliphatic heterocycles. The van der Waals surface area contributed by atoms with Crippen molar-refractivity contribution in [2.75, 3.05) is 5.73 Å². The number of nitrogen functional groups attached to an aromatic ring is 1. The van der Waals surface area contributed by atoms with Crippen LogP contribution in [0.1, 0.15) is 24.8 Å². The van der Waals surface area contributed by atoms with Gasteiger partial charge in [-0.05, 0) is 43.0 Å². The van der Waals surface area contributed by atoms with Gasteiger partial charge in [0.05, 0.1) is 23.3 Å². The van der Waals surface area contributed by atoms with Crippen LogP contribution in [0.3, 0.4) is 0 Å². The Morgan fingerprint density at radius 2 is 1.64 bits per heavy atom. The quantitative estimate of drug-likeness (QED) is 0.449. The standard InChI is InChI=1S/C24H21N9/c25-23-29-11-18(12-30-23)20-4-3-19(13-27-20)24(6-1-7-24)33-14-21(31-16-33)17-2-5-22(28-10-17)32-9-8-26-15-32/h2-5,8-16H,1,6-7H2,(H2,25,29,30). The van der Waals surface area contributed by atoms with Crippen LogP contribution in [-0.4, -0.2) is 39.0 Å². The summed E-state index contributed by atoms with van der Waals surface area (Å²) >= 11 is 0. The number of nitrogens with two attached hydrogens (primary N) is 1. The number of rotatable bonds is 5. The molecule has 0 bridgehead atoms. The smallest absolute Gasteiger partial charge is 0.219 e. The van der Waals surface area contributed by atoms with Crippen LogP contribution in [0.25, 0.3) is 28.3 Å². The van der Waals surface area contributed by atoms with Crippen LogP contribution in [-0.2, 0) is 5.54 Å².